The van der Waals surface area contributed by atoms with Gasteiger partial charge in [-0.3, -0.25) is 0 Å². The van der Waals surface area contributed by atoms with E-state index in [9.17, 15) is 0 Å². The average Bonchev–Trinajstić information content (AvgIpc) is 1.54. The van der Waals surface area contributed by atoms with E-state index in [4.69, 9.17) is 42.2 Å². The van der Waals surface area contributed by atoms with Gasteiger partial charge in [0.05, 0.1) is 0 Å². The van der Waals surface area contributed by atoms with E-state index >= 15 is 0 Å². The summed E-state index contributed by atoms with van der Waals surface area (Å²) in [6.45, 7) is 0. The summed E-state index contributed by atoms with van der Waals surface area (Å²) in [5.74, 6) is 0. The van der Waals surface area contributed by atoms with Gasteiger partial charge in [-0.15, -0.1) is 0 Å². The molecule has 0 rings (SSSR count). The van der Waals surface area contributed by atoms with Crippen LogP contribution in [0.4, 0.5) is 0 Å². The summed E-state index contributed by atoms with van der Waals surface area (Å²) in [4.78, 5) is 51.1. The minimum Gasteiger partial charge on any atom is -0.672 e. The minimum atomic E-state index is -3.63. The van der Waals surface area contributed by atoms with Crippen LogP contribution in [-0.4, -0.2) is 27.5 Å². The van der Waals surface area contributed by atoms with Crippen LogP contribution in [0.15, 0.2) is 0 Å². The molecule has 0 atom stereocenters. The zero-order chi connectivity index (χ0) is 10.7. The predicted molar refractivity (Wildman–Crippen MR) is 19.3 cm³/mol. The first-order valence-corrected chi connectivity index (χ1v) is 5.51. The smallest absolute Gasteiger partial charge is 0.672 e. The molecule has 9 nitrogen and oxygen atoms in total. The molecule has 0 unspecified atom stereocenters. The Hall–Kier alpha value is 2.44. The van der Waals surface area contributed by atoms with Gasteiger partial charge >= 0.3 is 113 Å². The van der Waals surface area contributed by atoms with E-state index in [1.54, 1.807) is 0 Å². The molecule has 0 fully saturated rings. The van der Waals surface area contributed by atoms with Crippen molar-refractivity contribution in [2.75, 3.05) is 0 Å². The monoisotopic (exact) mass is 270 g/mol. The summed E-state index contributed by atoms with van der Waals surface area (Å²) in [5.41, 5.74) is 0. The molecule has 0 radical (unpaired) electrons. The first-order chi connectivity index (χ1) is 5.20. The van der Waals surface area contributed by atoms with E-state index in [2.05, 4.69) is 0 Å². The van der Waals surface area contributed by atoms with Crippen LogP contribution in [0.3, 0.4) is 0 Å². The summed E-state index contributed by atoms with van der Waals surface area (Å²) in [6.07, 6.45) is 0. The standard InChI is InChI=1S/6Li.3O3Si/c;;;;;;3*1-4(2)3/q6*+1;3*-2. The van der Waals surface area contributed by atoms with Gasteiger partial charge in [0.15, 0.2) is 0 Å². The zero-order valence-electron chi connectivity index (χ0n) is 11.2. The van der Waals surface area contributed by atoms with Crippen LogP contribution in [0.25, 0.3) is 0 Å². The van der Waals surface area contributed by atoms with Gasteiger partial charge in [-0.05, 0) is 0 Å². The molecule has 0 aliphatic rings. The van der Waals surface area contributed by atoms with Gasteiger partial charge in [0.1, 0.15) is 0 Å². The molecule has 0 bridgehead atoms. The van der Waals surface area contributed by atoms with Crippen molar-refractivity contribution in [3.63, 3.8) is 0 Å². The fourth-order valence-corrected chi connectivity index (χ4v) is 0. The molecule has 0 aliphatic heterocycles. The largest absolute Gasteiger partial charge is 1.00 e. The fraction of sp³-hybridized carbons (Fsp3) is 0. The van der Waals surface area contributed by atoms with Gasteiger partial charge in [-0.25, -0.2) is 0 Å². The Morgan fingerprint density at radius 1 is 0.389 bits per heavy atom. The Bertz CT molecular complexity index is 124. The van der Waals surface area contributed by atoms with Crippen LogP contribution in [-0.2, 0) is 13.4 Å². The molecule has 18 heteroatoms. The van der Waals surface area contributed by atoms with Crippen molar-refractivity contribution in [1.29, 1.82) is 0 Å². The normalized spacial score (nSPS) is 4.00. The van der Waals surface area contributed by atoms with Gasteiger partial charge in [-0.2, -0.15) is 0 Å². The topological polar surface area (TPSA) is 190 Å². The third kappa shape index (κ3) is 945. The Kier molecular flexibility index (Phi) is 166. The average molecular weight is 270 g/mol. The quantitative estimate of drug-likeness (QED) is 0.384. The first-order valence-electron chi connectivity index (χ1n) is 1.84. The first kappa shape index (κ1) is 59.0. The maximum absolute atomic E-state index is 8.52. The molecule has 0 amide bonds. The maximum Gasteiger partial charge on any atom is 1.00 e. The second-order valence-corrected chi connectivity index (χ2v) is 2.25. The van der Waals surface area contributed by atoms with Crippen LogP contribution in [0, 0.1) is 0 Å². The Labute approximate surface area is 180 Å². The molecule has 0 saturated carbocycles. The zero-order valence-corrected chi connectivity index (χ0v) is 14.2. The third-order valence-electron chi connectivity index (χ3n) is 0. The predicted octanol–water partition coefficient (Wildman–Crippen LogP) is -26.6. The Morgan fingerprint density at radius 2 is 0.389 bits per heavy atom. The van der Waals surface area contributed by atoms with E-state index in [0.717, 1.165) is 0 Å². The Balaban J connectivity index is -0.00000000827. The van der Waals surface area contributed by atoms with E-state index < -0.39 is 27.5 Å². The minimum absolute atomic E-state index is 0. The molecule has 0 spiro atoms. The number of hydrogen-bond donors (Lipinski definition) is 0. The molecule has 0 heterocycles. The van der Waals surface area contributed by atoms with Crippen LogP contribution in [0.5, 0.6) is 0 Å². The summed E-state index contributed by atoms with van der Waals surface area (Å²) in [7, 11) is -10.9. The van der Waals surface area contributed by atoms with Crippen molar-refractivity contribution in [1.82, 2.24) is 0 Å². The number of rotatable bonds is 0. The molecule has 0 N–H and O–H groups in total. The van der Waals surface area contributed by atoms with Crippen molar-refractivity contribution in [2.45, 2.75) is 0 Å². The summed E-state index contributed by atoms with van der Waals surface area (Å²) in [6, 6.07) is 0. The summed E-state index contributed by atoms with van der Waals surface area (Å²) >= 11 is 0. The molecule has 0 aromatic carbocycles. The van der Waals surface area contributed by atoms with Crippen molar-refractivity contribution in [3.05, 3.63) is 0 Å². The van der Waals surface area contributed by atoms with E-state index in [0.29, 0.717) is 0 Å². The Morgan fingerprint density at radius 3 is 0.389 bits per heavy atom. The molecule has 0 saturated heterocycles. The van der Waals surface area contributed by atoms with Gasteiger partial charge in [0.2, 0.25) is 0 Å². The van der Waals surface area contributed by atoms with E-state index in [-0.39, 0.29) is 113 Å². The van der Waals surface area contributed by atoms with Gasteiger partial charge in [-0.1, -0.05) is 0 Å². The second-order valence-electron chi connectivity index (χ2n) is 0.750. The van der Waals surface area contributed by atoms with Crippen molar-refractivity contribution in [3.8, 4) is 0 Å². The van der Waals surface area contributed by atoms with Gasteiger partial charge < -0.3 is 42.2 Å². The summed E-state index contributed by atoms with van der Waals surface area (Å²) in [5, 5.41) is 0. The molecule has 0 aromatic heterocycles. The van der Waals surface area contributed by atoms with Gasteiger partial charge in [0.25, 0.3) is 0 Å². The molecular formula is Li6O9Si3. The van der Waals surface area contributed by atoms with Crippen LogP contribution >= 0.6 is 0 Å². The fourth-order valence-electron chi connectivity index (χ4n) is 0. The van der Waals surface area contributed by atoms with E-state index in [1.807, 2.05) is 0 Å². The second kappa shape index (κ2) is 50.5. The maximum atomic E-state index is 8.52. The van der Waals surface area contributed by atoms with Crippen molar-refractivity contribution in [2.24, 2.45) is 0 Å². The third-order valence-corrected chi connectivity index (χ3v) is 0. The molecule has 0 aromatic rings. The van der Waals surface area contributed by atoms with Crippen LogP contribution in [0.2, 0.25) is 0 Å². The van der Waals surface area contributed by atoms with Crippen LogP contribution < -0.4 is 142 Å². The summed E-state index contributed by atoms with van der Waals surface area (Å²) < 4.78 is 25.6. The molecule has 72 valence electrons. The molecule has 0 aliphatic carbocycles. The van der Waals surface area contributed by atoms with Crippen molar-refractivity contribution >= 4 is 27.5 Å². The molecular weight excluding hydrogens is 270 g/mol. The van der Waals surface area contributed by atoms with E-state index in [1.165, 1.54) is 0 Å². The van der Waals surface area contributed by atoms with Crippen LogP contribution in [0.1, 0.15) is 0 Å². The number of hydrogen-bond acceptors (Lipinski definition) is 9. The SMILES string of the molecule is O=[Si]([O-])[O-].O=[Si]([O-])[O-].O=[Si]([O-])[O-].[Li+].[Li+].[Li+].[Li+].[Li+].[Li+]. The molecule has 18 heavy (non-hydrogen) atoms. The van der Waals surface area contributed by atoms with Crippen molar-refractivity contribution < 1.29 is 155 Å². The van der Waals surface area contributed by atoms with Gasteiger partial charge in [0, 0.05) is 27.5 Å².